The molecule has 2 aliphatic carbocycles. The lowest BCUT2D eigenvalue weighted by molar-refractivity contribution is 0.795. The SMILES string of the molecule is c1ccc2c(c1)-c1ccc(-c3ccc4ccccc4c3)cc1C21c2ccccc2-c2cc3c4ccccc4c4ccccc4c3cc21. The zero-order valence-corrected chi connectivity index (χ0v) is 25.7. The third-order valence-electron chi connectivity index (χ3n) is 11.0. The fourth-order valence-corrected chi connectivity index (χ4v) is 9.08. The summed E-state index contributed by atoms with van der Waals surface area (Å²) < 4.78 is 0. The van der Waals surface area contributed by atoms with Gasteiger partial charge in [0.25, 0.3) is 0 Å². The first-order valence-corrected chi connectivity index (χ1v) is 16.5. The molecule has 0 heteroatoms. The Morgan fingerprint density at radius 2 is 0.723 bits per heavy atom. The van der Waals surface area contributed by atoms with E-state index in [9.17, 15) is 0 Å². The summed E-state index contributed by atoms with van der Waals surface area (Å²) in [4.78, 5) is 0. The van der Waals surface area contributed by atoms with Gasteiger partial charge in [-0.05, 0) is 123 Å². The van der Waals surface area contributed by atoms with Gasteiger partial charge >= 0.3 is 0 Å². The standard InChI is InChI=1S/C47H28/c1-2-12-30-25-31(22-21-29(30)11-1)32-23-24-39-37-17-7-9-19-43(37)47(45(39)26-32)44-20-10-8-18-38(44)42-27-40-35-15-5-3-13-33(35)34-14-4-6-16-36(34)41(40)28-46(42)47/h1-28H. The zero-order chi connectivity index (χ0) is 30.7. The first-order valence-electron chi connectivity index (χ1n) is 16.5. The molecule has 0 aliphatic heterocycles. The van der Waals surface area contributed by atoms with E-state index in [2.05, 4.69) is 170 Å². The molecule has 9 aromatic carbocycles. The Bertz CT molecular complexity index is 2800. The number of hydrogen-bond acceptors (Lipinski definition) is 0. The third kappa shape index (κ3) is 3.17. The highest BCUT2D eigenvalue weighted by atomic mass is 14.5. The van der Waals surface area contributed by atoms with Crippen molar-refractivity contribution >= 4 is 43.1 Å². The van der Waals surface area contributed by atoms with Crippen LogP contribution >= 0.6 is 0 Å². The van der Waals surface area contributed by atoms with Crippen LogP contribution in [0.25, 0.3) is 76.5 Å². The second-order valence-electron chi connectivity index (χ2n) is 13.2. The van der Waals surface area contributed by atoms with Gasteiger partial charge in [0.05, 0.1) is 5.41 Å². The highest BCUT2D eigenvalue weighted by molar-refractivity contribution is 6.26. The molecular weight excluding hydrogens is 565 g/mol. The summed E-state index contributed by atoms with van der Waals surface area (Å²) in [6.45, 7) is 0. The van der Waals surface area contributed by atoms with Crippen molar-refractivity contribution < 1.29 is 0 Å². The minimum Gasteiger partial charge on any atom is -0.0619 e. The van der Waals surface area contributed by atoms with E-state index in [-0.39, 0.29) is 0 Å². The molecule has 1 atom stereocenters. The maximum atomic E-state index is 2.55. The van der Waals surface area contributed by atoms with Crippen molar-refractivity contribution in [3.05, 3.63) is 192 Å². The van der Waals surface area contributed by atoms with Crippen molar-refractivity contribution in [2.75, 3.05) is 0 Å². The molecule has 0 heterocycles. The molecule has 0 saturated heterocycles. The molecule has 1 spiro atoms. The normalized spacial score (nSPS) is 15.7. The molecule has 0 aromatic heterocycles. The number of benzene rings is 9. The second kappa shape index (κ2) is 9.06. The Balaban J connectivity index is 1.28. The summed E-state index contributed by atoms with van der Waals surface area (Å²) in [5, 5.41) is 10.4. The molecular formula is C47H28. The molecule has 216 valence electrons. The molecule has 0 fully saturated rings. The summed E-state index contributed by atoms with van der Waals surface area (Å²) in [5.41, 5.74) is 12.9. The first-order chi connectivity index (χ1) is 23.3. The Morgan fingerprint density at radius 1 is 0.255 bits per heavy atom. The van der Waals surface area contributed by atoms with Crippen molar-refractivity contribution in [2.24, 2.45) is 0 Å². The van der Waals surface area contributed by atoms with Crippen molar-refractivity contribution in [1.82, 2.24) is 0 Å². The molecule has 0 amide bonds. The largest absolute Gasteiger partial charge is 0.0725 e. The van der Waals surface area contributed by atoms with Crippen LogP contribution in [0.2, 0.25) is 0 Å². The summed E-state index contributed by atoms with van der Waals surface area (Å²) in [6.07, 6.45) is 0. The van der Waals surface area contributed by atoms with Gasteiger partial charge < -0.3 is 0 Å². The van der Waals surface area contributed by atoms with E-state index in [0.717, 1.165) is 0 Å². The lowest BCUT2D eigenvalue weighted by Gasteiger charge is -2.31. The Morgan fingerprint density at radius 3 is 1.43 bits per heavy atom. The number of hydrogen-bond donors (Lipinski definition) is 0. The fourth-order valence-electron chi connectivity index (χ4n) is 9.08. The second-order valence-corrected chi connectivity index (χ2v) is 13.2. The van der Waals surface area contributed by atoms with Crippen LogP contribution in [-0.2, 0) is 5.41 Å². The molecule has 47 heavy (non-hydrogen) atoms. The predicted molar refractivity (Wildman–Crippen MR) is 198 cm³/mol. The molecule has 0 bridgehead atoms. The minimum absolute atomic E-state index is 0.411. The zero-order valence-electron chi connectivity index (χ0n) is 25.7. The van der Waals surface area contributed by atoms with Crippen molar-refractivity contribution in [3.63, 3.8) is 0 Å². The van der Waals surface area contributed by atoms with Crippen LogP contribution in [0.4, 0.5) is 0 Å². The van der Waals surface area contributed by atoms with E-state index < -0.39 is 5.41 Å². The number of fused-ring (bicyclic) bond motifs is 17. The van der Waals surface area contributed by atoms with E-state index in [1.54, 1.807) is 0 Å². The van der Waals surface area contributed by atoms with Gasteiger partial charge in [0.1, 0.15) is 0 Å². The quantitative estimate of drug-likeness (QED) is 0.166. The average Bonchev–Trinajstić information content (AvgIpc) is 3.60. The van der Waals surface area contributed by atoms with Gasteiger partial charge in [-0.2, -0.15) is 0 Å². The summed E-state index contributed by atoms with van der Waals surface area (Å²) in [6, 6.07) is 63.9. The van der Waals surface area contributed by atoms with Crippen molar-refractivity contribution in [1.29, 1.82) is 0 Å². The summed E-state index contributed by atoms with van der Waals surface area (Å²) in [7, 11) is 0. The molecule has 0 radical (unpaired) electrons. The van der Waals surface area contributed by atoms with E-state index in [1.165, 1.54) is 98.7 Å². The summed E-state index contributed by atoms with van der Waals surface area (Å²) >= 11 is 0. The highest BCUT2D eigenvalue weighted by Crippen LogP contribution is 2.63. The van der Waals surface area contributed by atoms with E-state index in [1.807, 2.05) is 0 Å². The van der Waals surface area contributed by atoms with Crippen LogP contribution in [0, 0.1) is 0 Å². The molecule has 1 unspecified atom stereocenters. The Kier molecular flexibility index (Phi) is 4.86. The van der Waals surface area contributed by atoms with E-state index in [0.29, 0.717) is 0 Å². The lowest BCUT2D eigenvalue weighted by atomic mass is 9.70. The molecule has 0 saturated carbocycles. The van der Waals surface area contributed by atoms with E-state index >= 15 is 0 Å². The fraction of sp³-hybridized carbons (Fsp3) is 0.0213. The van der Waals surface area contributed by atoms with Crippen LogP contribution in [-0.4, -0.2) is 0 Å². The van der Waals surface area contributed by atoms with Crippen LogP contribution < -0.4 is 0 Å². The van der Waals surface area contributed by atoms with Crippen molar-refractivity contribution in [3.8, 4) is 33.4 Å². The molecule has 2 aliphatic rings. The maximum absolute atomic E-state index is 2.55. The molecule has 11 rings (SSSR count). The first kappa shape index (κ1) is 25.2. The number of rotatable bonds is 1. The topological polar surface area (TPSA) is 0 Å². The van der Waals surface area contributed by atoms with Gasteiger partial charge in [-0.25, -0.2) is 0 Å². The average molecular weight is 593 g/mol. The smallest absolute Gasteiger partial charge is 0.0619 e. The van der Waals surface area contributed by atoms with Crippen molar-refractivity contribution in [2.45, 2.75) is 5.41 Å². The van der Waals surface area contributed by atoms with Gasteiger partial charge in [-0.1, -0.05) is 146 Å². The predicted octanol–water partition coefficient (Wildman–Crippen LogP) is 12.3. The highest BCUT2D eigenvalue weighted by Gasteiger charge is 2.51. The molecule has 0 nitrogen and oxygen atoms in total. The lowest BCUT2D eigenvalue weighted by Crippen LogP contribution is -2.25. The van der Waals surface area contributed by atoms with Gasteiger partial charge in [-0.15, -0.1) is 0 Å². The van der Waals surface area contributed by atoms with Crippen LogP contribution in [0.15, 0.2) is 170 Å². The Hall–Kier alpha value is -5.98. The minimum atomic E-state index is -0.411. The van der Waals surface area contributed by atoms with Crippen LogP contribution in [0.5, 0.6) is 0 Å². The van der Waals surface area contributed by atoms with Gasteiger partial charge in [0, 0.05) is 0 Å². The van der Waals surface area contributed by atoms with Crippen LogP contribution in [0.1, 0.15) is 22.3 Å². The van der Waals surface area contributed by atoms with Gasteiger partial charge in [0.2, 0.25) is 0 Å². The molecule has 9 aromatic rings. The van der Waals surface area contributed by atoms with Crippen LogP contribution in [0.3, 0.4) is 0 Å². The Labute approximate surface area is 273 Å². The van der Waals surface area contributed by atoms with Gasteiger partial charge in [-0.3, -0.25) is 0 Å². The third-order valence-corrected chi connectivity index (χ3v) is 11.0. The van der Waals surface area contributed by atoms with E-state index in [4.69, 9.17) is 0 Å². The monoisotopic (exact) mass is 592 g/mol. The maximum Gasteiger partial charge on any atom is 0.0725 e. The molecule has 0 N–H and O–H groups in total. The summed E-state index contributed by atoms with van der Waals surface area (Å²) in [5.74, 6) is 0. The van der Waals surface area contributed by atoms with Gasteiger partial charge in [0.15, 0.2) is 0 Å².